The highest BCUT2D eigenvalue weighted by Gasteiger charge is 2.60. The minimum atomic E-state index is -4.52. The molecule has 100 valence electrons. The van der Waals surface area contributed by atoms with Crippen LogP contribution in [0.25, 0.3) is 0 Å². The van der Waals surface area contributed by atoms with E-state index >= 15 is 0 Å². The molecule has 1 aromatic carbocycles. The molecular weight excluding hydrogens is 246 g/mol. The first kappa shape index (κ1) is 13.3. The second-order valence-electron chi connectivity index (χ2n) is 4.67. The maximum Gasteiger partial charge on any atom is 0.409 e. The smallest absolute Gasteiger partial charge is 0.283 e. The van der Waals surface area contributed by atoms with Gasteiger partial charge in [0, 0.05) is 6.54 Å². The summed E-state index contributed by atoms with van der Waals surface area (Å²) in [6.45, 7) is -0.939. The Hall–Kier alpha value is -1.10. The molecule has 1 atom stereocenters. The molecule has 0 aromatic heterocycles. The van der Waals surface area contributed by atoms with Crippen molar-refractivity contribution in [2.24, 2.45) is 0 Å². The van der Waals surface area contributed by atoms with Crippen LogP contribution in [-0.2, 0) is 6.54 Å². The summed E-state index contributed by atoms with van der Waals surface area (Å²) in [6, 6.07) is 8.88. The van der Waals surface area contributed by atoms with Gasteiger partial charge in [-0.2, -0.15) is 13.2 Å². The van der Waals surface area contributed by atoms with Crippen LogP contribution in [-0.4, -0.2) is 29.8 Å². The fourth-order valence-electron chi connectivity index (χ4n) is 2.52. The van der Waals surface area contributed by atoms with Gasteiger partial charge in [-0.25, -0.2) is 4.39 Å². The number of benzene rings is 1. The second-order valence-corrected chi connectivity index (χ2v) is 4.67. The van der Waals surface area contributed by atoms with Gasteiger partial charge in [0.1, 0.15) is 12.2 Å². The van der Waals surface area contributed by atoms with Gasteiger partial charge < -0.3 is 0 Å². The Balaban J connectivity index is 2.21. The lowest BCUT2D eigenvalue weighted by atomic mass is 9.96. The maximum atomic E-state index is 13.1. The van der Waals surface area contributed by atoms with Crippen molar-refractivity contribution >= 4 is 0 Å². The number of rotatable bonds is 3. The summed E-state index contributed by atoms with van der Waals surface area (Å²) in [6.07, 6.45) is -4.29. The second kappa shape index (κ2) is 4.88. The molecule has 0 spiro atoms. The van der Waals surface area contributed by atoms with E-state index in [1.165, 1.54) is 4.90 Å². The van der Waals surface area contributed by atoms with Crippen LogP contribution < -0.4 is 0 Å². The molecule has 1 heterocycles. The van der Waals surface area contributed by atoms with E-state index in [4.69, 9.17) is 0 Å². The normalized spacial score (nSPS) is 25.6. The molecule has 1 saturated heterocycles. The fourth-order valence-corrected chi connectivity index (χ4v) is 2.52. The van der Waals surface area contributed by atoms with E-state index < -0.39 is 18.4 Å². The molecule has 0 aliphatic carbocycles. The Morgan fingerprint density at radius 1 is 1.17 bits per heavy atom. The van der Waals surface area contributed by atoms with Gasteiger partial charge in [0.05, 0.1) is 0 Å². The molecule has 0 bridgehead atoms. The predicted octanol–water partition coefficient (Wildman–Crippen LogP) is 3.55. The summed E-state index contributed by atoms with van der Waals surface area (Å²) in [5.41, 5.74) is -1.51. The van der Waals surface area contributed by atoms with Gasteiger partial charge in [-0.15, -0.1) is 0 Å². The molecule has 18 heavy (non-hydrogen) atoms. The molecule has 1 fully saturated rings. The molecule has 5 heteroatoms. The number of likely N-dealkylation sites (tertiary alicyclic amines) is 1. The number of halogens is 4. The lowest BCUT2D eigenvalue weighted by Crippen LogP contribution is -2.56. The summed E-state index contributed by atoms with van der Waals surface area (Å²) in [4.78, 5) is 1.22. The van der Waals surface area contributed by atoms with Gasteiger partial charge in [-0.3, -0.25) is 4.90 Å². The number of hydrogen-bond acceptors (Lipinski definition) is 1. The highest BCUT2D eigenvalue weighted by Crippen LogP contribution is 2.44. The van der Waals surface area contributed by atoms with Crippen LogP contribution in [0.5, 0.6) is 0 Å². The van der Waals surface area contributed by atoms with Crippen LogP contribution in [0.2, 0.25) is 0 Å². The SMILES string of the molecule is FCC1(C(F)(F)F)CCCN1Cc1ccccc1. The highest BCUT2D eigenvalue weighted by atomic mass is 19.4. The van der Waals surface area contributed by atoms with Gasteiger partial charge in [0.15, 0.2) is 0 Å². The van der Waals surface area contributed by atoms with Crippen LogP contribution in [0.1, 0.15) is 18.4 Å². The average molecular weight is 261 g/mol. The Bertz CT molecular complexity index is 390. The van der Waals surface area contributed by atoms with Crippen molar-refractivity contribution < 1.29 is 17.6 Å². The molecule has 0 amide bonds. The first-order valence-corrected chi connectivity index (χ1v) is 5.91. The largest absolute Gasteiger partial charge is 0.409 e. The minimum Gasteiger partial charge on any atom is -0.283 e. The third-order valence-electron chi connectivity index (χ3n) is 3.59. The van der Waals surface area contributed by atoms with Crippen LogP contribution in [0.15, 0.2) is 30.3 Å². The molecule has 1 aliphatic rings. The topological polar surface area (TPSA) is 3.24 Å². The van der Waals surface area contributed by atoms with E-state index in [0.29, 0.717) is 13.0 Å². The molecule has 1 unspecified atom stereocenters. The molecule has 2 rings (SSSR count). The third-order valence-corrected chi connectivity index (χ3v) is 3.59. The Morgan fingerprint density at radius 3 is 2.39 bits per heavy atom. The van der Waals surface area contributed by atoms with Crippen molar-refractivity contribution in [2.75, 3.05) is 13.2 Å². The Labute approximate surface area is 103 Å². The zero-order valence-corrected chi connectivity index (χ0v) is 9.88. The summed E-state index contributed by atoms with van der Waals surface area (Å²) < 4.78 is 52.3. The van der Waals surface area contributed by atoms with Gasteiger partial charge >= 0.3 is 6.18 Å². The van der Waals surface area contributed by atoms with E-state index in [0.717, 1.165) is 5.56 Å². The maximum absolute atomic E-state index is 13.1. The average Bonchev–Trinajstić information content (AvgIpc) is 2.74. The Morgan fingerprint density at radius 2 is 1.83 bits per heavy atom. The number of alkyl halides is 4. The quantitative estimate of drug-likeness (QED) is 0.752. The van der Waals surface area contributed by atoms with Crippen molar-refractivity contribution in [1.29, 1.82) is 0 Å². The molecule has 0 saturated carbocycles. The van der Waals surface area contributed by atoms with Gasteiger partial charge in [-0.1, -0.05) is 30.3 Å². The highest BCUT2D eigenvalue weighted by molar-refractivity contribution is 5.16. The third kappa shape index (κ3) is 2.23. The Kier molecular flexibility index (Phi) is 3.61. The van der Waals surface area contributed by atoms with Gasteiger partial charge in [0.2, 0.25) is 0 Å². The van der Waals surface area contributed by atoms with E-state index in [2.05, 4.69) is 0 Å². The van der Waals surface area contributed by atoms with Crippen molar-refractivity contribution in [2.45, 2.75) is 31.1 Å². The number of hydrogen-bond donors (Lipinski definition) is 0. The zero-order valence-electron chi connectivity index (χ0n) is 9.88. The summed E-state index contributed by atoms with van der Waals surface area (Å²) >= 11 is 0. The van der Waals surface area contributed by atoms with Gasteiger partial charge in [-0.05, 0) is 24.9 Å². The van der Waals surface area contributed by atoms with Gasteiger partial charge in [0.25, 0.3) is 0 Å². The summed E-state index contributed by atoms with van der Waals surface area (Å²) in [5, 5.41) is 0. The minimum absolute atomic E-state index is 0.143. The van der Waals surface area contributed by atoms with Crippen LogP contribution >= 0.6 is 0 Å². The predicted molar refractivity (Wildman–Crippen MR) is 60.8 cm³/mol. The molecule has 0 N–H and O–H groups in total. The van der Waals surface area contributed by atoms with Crippen molar-refractivity contribution in [3.63, 3.8) is 0 Å². The van der Waals surface area contributed by atoms with Crippen molar-refractivity contribution in [3.8, 4) is 0 Å². The summed E-state index contributed by atoms with van der Waals surface area (Å²) in [7, 11) is 0. The molecule has 0 radical (unpaired) electrons. The lowest BCUT2D eigenvalue weighted by Gasteiger charge is -2.37. The van der Waals surface area contributed by atoms with Crippen LogP contribution in [0.3, 0.4) is 0 Å². The summed E-state index contributed by atoms with van der Waals surface area (Å²) in [5.74, 6) is 0. The monoisotopic (exact) mass is 261 g/mol. The van der Waals surface area contributed by atoms with E-state index in [1.807, 2.05) is 0 Å². The van der Waals surface area contributed by atoms with Crippen LogP contribution in [0, 0.1) is 0 Å². The lowest BCUT2D eigenvalue weighted by molar-refractivity contribution is -0.229. The standard InChI is InChI=1S/C13H15F4N/c14-10-12(13(15,16)17)7-4-8-18(12)9-11-5-2-1-3-6-11/h1-3,5-6H,4,7-10H2. The van der Waals surface area contributed by atoms with Crippen molar-refractivity contribution in [1.82, 2.24) is 4.90 Å². The molecular formula is C13H15F4N. The van der Waals surface area contributed by atoms with E-state index in [9.17, 15) is 17.6 Å². The van der Waals surface area contributed by atoms with Crippen molar-refractivity contribution in [3.05, 3.63) is 35.9 Å². The van der Waals surface area contributed by atoms with Crippen LogP contribution in [0.4, 0.5) is 17.6 Å². The molecule has 1 aromatic rings. The first-order valence-electron chi connectivity index (χ1n) is 5.91. The molecule has 1 aliphatic heterocycles. The van der Waals surface area contributed by atoms with E-state index in [1.54, 1.807) is 30.3 Å². The van der Waals surface area contributed by atoms with E-state index in [-0.39, 0.29) is 13.0 Å². The molecule has 1 nitrogen and oxygen atoms in total. The number of nitrogens with zero attached hydrogens (tertiary/aromatic N) is 1. The first-order chi connectivity index (χ1) is 8.49. The fraction of sp³-hybridized carbons (Fsp3) is 0.538. The zero-order chi connectivity index (χ0) is 13.2.